The molecule has 0 spiro atoms. The number of nitriles is 1. The molecule has 42 heavy (non-hydrogen) atoms. The number of benzene rings is 2. The van der Waals surface area contributed by atoms with Crippen molar-refractivity contribution in [2.24, 2.45) is 17.3 Å². The third kappa shape index (κ3) is 10.2. The maximum Gasteiger partial charge on any atom is 0.529 e. The molecule has 1 aliphatic carbocycles. The fraction of sp³-hybridized carbons (Fsp3) is 0.345. The van der Waals surface area contributed by atoms with Crippen molar-refractivity contribution in [2.45, 2.75) is 26.9 Å². The summed E-state index contributed by atoms with van der Waals surface area (Å²) in [5.74, 6) is 0.0787. The minimum atomic E-state index is -3.55. The summed E-state index contributed by atoms with van der Waals surface area (Å²) in [6.07, 6.45) is 1.76. The Balaban J connectivity index is 0.000000374. The van der Waals surface area contributed by atoms with E-state index >= 15 is 0 Å². The molecular weight excluding hydrogens is 606 g/mol. The normalized spacial score (nSPS) is 17.7. The van der Waals surface area contributed by atoms with E-state index < -0.39 is 19.9 Å². The molecule has 0 bridgehead atoms. The maximum absolute atomic E-state index is 12.6. The molecule has 1 N–H and O–H groups in total. The zero-order valence-corrected chi connectivity index (χ0v) is 26.4. The lowest BCUT2D eigenvalue weighted by atomic mass is 10.1. The SMILES string of the molecule is CC1(C)[C@H](C=C(Cl)Cl)[C@@H]1C(=O)O[C@H](C#N)c1cccc(Oc2ccccc2)c1.CNC(=O)C=C(C)OP(=O)(OC)OC. The highest BCUT2D eigenvalue weighted by Gasteiger charge is 2.62. The molecule has 13 heteroatoms. The lowest BCUT2D eigenvalue weighted by Gasteiger charge is -2.13. The second-order valence-electron chi connectivity index (χ2n) is 9.49. The fourth-order valence-electron chi connectivity index (χ4n) is 3.91. The van der Waals surface area contributed by atoms with Gasteiger partial charge in [0.25, 0.3) is 0 Å². The largest absolute Gasteiger partial charge is 0.529 e. The molecule has 0 unspecified atom stereocenters. The number of phosphoric ester groups is 1. The molecule has 0 heterocycles. The quantitative estimate of drug-likeness (QED) is 0.117. The third-order valence-corrected chi connectivity index (χ3v) is 7.90. The number of nitrogens with zero attached hydrogens (tertiary/aromatic N) is 1. The Morgan fingerprint density at radius 1 is 1.07 bits per heavy atom. The van der Waals surface area contributed by atoms with Crippen molar-refractivity contribution < 1.29 is 37.2 Å². The first-order chi connectivity index (χ1) is 19.8. The fourth-order valence-corrected chi connectivity index (χ4v) is 4.88. The van der Waals surface area contributed by atoms with Gasteiger partial charge >= 0.3 is 13.8 Å². The second kappa shape index (κ2) is 15.8. The van der Waals surface area contributed by atoms with Crippen LogP contribution in [0.2, 0.25) is 0 Å². The molecule has 0 aliphatic heterocycles. The Bertz CT molecular complexity index is 1380. The highest BCUT2D eigenvalue weighted by atomic mass is 35.5. The van der Waals surface area contributed by atoms with E-state index in [0.717, 1.165) is 6.08 Å². The Labute approximate surface area is 255 Å². The van der Waals surface area contributed by atoms with Crippen molar-refractivity contribution in [2.75, 3.05) is 21.3 Å². The molecule has 3 atom stereocenters. The monoisotopic (exact) mass is 638 g/mol. The number of hydrogen-bond donors (Lipinski definition) is 1. The average Bonchev–Trinajstić information content (AvgIpc) is 3.50. The van der Waals surface area contributed by atoms with Gasteiger partial charge in [-0.15, -0.1) is 0 Å². The van der Waals surface area contributed by atoms with E-state index in [-0.39, 0.29) is 33.4 Å². The summed E-state index contributed by atoms with van der Waals surface area (Å²) in [5.41, 5.74) is 0.231. The van der Waals surface area contributed by atoms with Crippen LogP contribution >= 0.6 is 31.0 Å². The molecule has 226 valence electrons. The predicted molar refractivity (Wildman–Crippen MR) is 158 cm³/mol. The summed E-state index contributed by atoms with van der Waals surface area (Å²) >= 11 is 11.5. The molecule has 1 amide bonds. The number of para-hydroxylation sites is 1. The van der Waals surface area contributed by atoms with Crippen molar-refractivity contribution in [1.82, 2.24) is 5.32 Å². The van der Waals surface area contributed by atoms with Crippen molar-refractivity contribution >= 4 is 42.9 Å². The average molecular weight is 639 g/mol. The van der Waals surface area contributed by atoms with Gasteiger partial charge < -0.3 is 19.3 Å². The molecule has 1 saturated carbocycles. The number of likely N-dealkylation sites (N-methyl/N-ethyl adjacent to an activating group) is 1. The van der Waals surface area contributed by atoms with Gasteiger partial charge in [0.2, 0.25) is 12.0 Å². The van der Waals surface area contributed by atoms with E-state index in [1.54, 1.807) is 30.3 Å². The zero-order valence-electron chi connectivity index (χ0n) is 24.0. The molecular formula is C29H33Cl2N2O8P. The number of esters is 1. The van der Waals surface area contributed by atoms with Gasteiger partial charge in [0.15, 0.2) is 0 Å². The number of allylic oxidation sites excluding steroid dienone is 2. The van der Waals surface area contributed by atoms with Crippen molar-refractivity contribution in [1.29, 1.82) is 5.26 Å². The lowest BCUT2D eigenvalue weighted by molar-refractivity contribution is -0.149. The lowest BCUT2D eigenvalue weighted by Crippen LogP contribution is -2.15. The minimum Gasteiger partial charge on any atom is -0.457 e. The van der Waals surface area contributed by atoms with Gasteiger partial charge in [-0.2, -0.15) is 5.26 Å². The second-order valence-corrected chi connectivity index (χ2v) is 12.3. The summed E-state index contributed by atoms with van der Waals surface area (Å²) in [6, 6.07) is 18.3. The van der Waals surface area contributed by atoms with Crippen molar-refractivity contribution in [3.8, 4) is 17.6 Å². The van der Waals surface area contributed by atoms with Crippen LogP contribution in [-0.4, -0.2) is 33.1 Å². The van der Waals surface area contributed by atoms with Crippen LogP contribution in [0, 0.1) is 28.6 Å². The highest BCUT2D eigenvalue weighted by Crippen LogP contribution is 2.60. The number of phosphoric acid groups is 1. The van der Waals surface area contributed by atoms with E-state index in [1.165, 1.54) is 28.2 Å². The number of amides is 1. The Morgan fingerprint density at radius 3 is 2.24 bits per heavy atom. The summed E-state index contributed by atoms with van der Waals surface area (Å²) in [5, 5.41) is 11.9. The summed E-state index contributed by atoms with van der Waals surface area (Å²) in [7, 11) is 0.302. The van der Waals surface area contributed by atoms with Gasteiger partial charge in [0.05, 0.1) is 5.92 Å². The minimum absolute atomic E-state index is 0.114. The third-order valence-electron chi connectivity index (χ3n) is 6.24. The van der Waals surface area contributed by atoms with Crippen molar-refractivity contribution in [3.63, 3.8) is 0 Å². The van der Waals surface area contributed by atoms with E-state index in [9.17, 15) is 19.4 Å². The van der Waals surface area contributed by atoms with Gasteiger partial charge in [-0.05, 0) is 48.6 Å². The zero-order chi connectivity index (χ0) is 31.5. The van der Waals surface area contributed by atoms with Crippen LogP contribution in [0.4, 0.5) is 0 Å². The first-order valence-electron chi connectivity index (χ1n) is 12.6. The molecule has 2 aromatic rings. The first kappa shape index (κ1) is 34.9. The summed E-state index contributed by atoms with van der Waals surface area (Å²) in [4.78, 5) is 23.5. The Morgan fingerprint density at radius 2 is 1.69 bits per heavy atom. The van der Waals surface area contributed by atoms with Crippen LogP contribution in [0.5, 0.6) is 11.5 Å². The molecule has 0 aromatic heterocycles. The van der Waals surface area contributed by atoms with Gasteiger partial charge in [0, 0.05) is 32.9 Å². The Hall–Kier alpha value is -3.32. The van der Waals surface area contributed by atoms with Crippen LogP contribution in [0.25, 0.3) is 0 Å². The summed E-state index contributed by atoms with van der Waals surface area (Å²) in [6.45, 7) is 5.35. The Kier molecular flexibility index (Phi) is 13.1. The van der Waals surface area contributed by atoms with Gasteiger partial charge in [0.1, 0.15) is 27.8 Å². The predicted octanol–water partition coefficient (Wildman–Crippen LogP) is 7.23. The topological polar surface area (TPSA) is 133 Å². The van der Waals surface area contributed by atoms with Crippen molar-refractivity contribution in [3.05, 3.63) is 82.6 Å². The molecule has 2 aromatic carbocycles. The molecule has 0 radical (unpaired) electrons. The van der Waals surface area contributed by atoms with Gasteiger partial charge in [-0.3, -0.25) is 18.6 Å². The molecule has 1 aliphatic rings. The number of nitrogens with one attached hydrogen (secondary N) is 1. The molecule has 1 fully saturated rings. The number of hydrogen-bond acceptors (Lipinski definition) is 9. The number of rotatable bonds is 11. The van der Waals surface area contributed by atoms with Crippen LogP contribution in [0.1, 0.15) is 32.4 Å². The van der Waals surface area contributed by atoms with Crippen LogP contribution in [-0.2, 0) is 32.5 Å². The van der Waals surface area contributed by atoms with Gasteiger partial charge in [-0.25, -0.2) is 4.57 Å². The molecule has 0 saturated heterocycles. The number of carbonyl (C=O) groups is 2. The number of ether oxygens (including phenoxy) is 2. The van der Waals surface area contributed by atoms with E-state index in [2.05, 4.69) is 14.4 Å². The number of carbonyl (C=O) groups excluding carboxylic acids is 2. The first-order valence-corrected chi connectivity index (χ1v) is 14.8. The maximum atomic E-state index is 12.6. The van der Waals surface area contributed by atoms with Crippen LogP contribution in [0.15, 0.2) is 77.0 Å². The van der Waals surface area contributed by atoms with Crippen LogP contribution in [0.3, 0.4) is 0 Å². The standard InChI is InChI=1S/C22H19Cl2NO3.C7H14NO5P/c1-22(2)17(12-19(23)24)20(22)21(26)28-18(13-25)14-7-6-10-16(11-14)27-15-8-4-3-5-9-15;1-6(5-7(9)8-2)13-14(10,11-3)12-4/h3-12,17-18,20H,1-2H3;5H,1-4H3,(H,8,9)/t17-,18-,20-;/m1./s1. The van der Waals surface area contributed by atoms with E-state index in [4.69, 9.17) is 37.2 Å². The van der Waals surface area contributed by atoms with Crippen LogP contribution < -0.4 is 10.1 Å². The smallest absolute Gasteiger partial charge is 0.457 e. The molecule has 3 rings (SSSR count). The van der Waals surface area contributed by atoms with E-state index in [1.807, 2.05) is 50.2 Å². The van der Waals surface area contributed by atoms with E-state index in [0.29, 0.717) is 17.1 Å². The van der Waals surface area contributed by atoms with Gasteiger partial charge in [-0.1, -0.05) is 67.4 Å². The molecule has 10 nitrogen and oxygen atoms in total. The summed E-state index contributed by atoms with van der Waals surface area (Å²) < 4.78 is 36.6. The number of halogens is 2. The highest BCUT2D eigenvalue weighted by molar-refractivity contribution is 7.48.